The SMILES string of the molecule is CN1Cc2ccccc2C1.O.[CH2-]CC.[Y]. The monoisotopic (exact) mass is 283 g/mol. The molecule has 2 N–H and O–H groups in total. The Labute approximate surface area is 118 Å². The third-order valence-electron chi connectivity index (χ3n) is 2.00. The molecule has 1 aliphatic heterocycles. The maximum atomic E-state index is 3.49. The summed E-state index contributed by atoms with van der Waals surface area (Å²) >= 11 is 0. The average molecular weight is 283 g/mol. The van der Waals surface area contributed by atoms with E-state index in [0.29, 0.717) is 0 Å². The molecule has 2 rings (SSSR count). The Hall–Kier alpha value is 0.244. The molecule has 0 spiro atoms. The minimum Gasteiger partial charge on any atom is -0.412 e. The van der Waals surface area contributed by atoms with Crippen LogP contribution in [0.2, 0.25) is 0 Å². The first-order chi connectivity index (χ1) is 6.27. The summed E-state index contributed by atoms with van der Waals surface area (Å²) in [6.07, 6.45) is 1.00. The van der Waals surface area contributed by atoms with Crippen LogP contribution in [-0.4, -0.2) is 17.4 Å². The third-order valence-corrected chi connectivity index (χ3v) is 2.00. The minimum atomic E-state index is 0. The molecule has 3 heteroatoms. The number of nitrogens with zero attached hydrogens (tertiary/aromatic N) is 1. The predicted octanol–water partition coefficient (Wildman–Crippen LogP) is 2.04. The second-order valence-electron chi connectivity index (χ2n) is 3.44. The topological polar surface area (TPSA) is 34.7 Å². The van der Waals surface area contributed by atoms with Crippen molar-refractivity contribution >= 4 is 0 Å². The minimum absolute atomic E-state index is 0. The van der Waals surface area contributed by atoms with E-state index in [-0.39, 0.29) is 38.2 Å². The number of rotatable bonds is 0. The fourth-order valence-corrected chi connectivity index (χ4v) is 1.50. The summed E-state index contributed by atoms with van der Waals surface area (Å²) in [4.78, 5) is 2.32. The normalized spacial score (nSPS) is 12.7. The van der Waals surface area contributed by atoms with Crippen molar-refractivity contribution in [1.82, 2.24) is 4.90 Å². The molecule has 0 aliphatic carbocycles. The molecule has 0 unspecified atom stereocenters. The van der Waals surface area contributed by atoms with E-state index < -0.39 is 0 Å². The molecule has 0 saturated carbocycles. The largest absolute Gasteiger partial charge is 0.412 e. The summed E-state index contributed by atoms with van der Waals surface area (Å²) in [5.41, 5.74) is 2.98. The van der Waals surface area contributed by atoms with Crippen molar-refractivity contribution in [3.05, 3.63) is 42.3 Å². The van der Waals surface area contributed by atoms with Gasteiger partial charge in [0, 0.05) is 45.8 Å². The van der Waals surface area contributed by atoms with Crippen molar-refractivity contribution in [2.24, 2.45) is 0 Å². The van der Waals surface area contributed by atoms with E-state index in [9.17, 15) is 0 Å². The van der Waals surface area contributed by atoms with Crippen LogP contribution in [-0.2, 0) is 45.8 Å². The number of hydrogen-bond donors (Lipinski definition) is 0. The van der Waals surface area contributed by atoms with Gasteiger partial charge in [-0.2, -0.15) is 6.42 Å². The van der Waals surface area contributed by atoms with E-state index in [1.165, 1.54) is 11.1 Å². The van der Waals surface area contributed by atoms with Crippen molar-refractivity contribution in [3.8, 4) is 0 Å². The van der Waals surface area contributed by atoms with Crippen LogP contribution in [0.25, 0.3) is 0 Å². The second kappa shape index (κ2) is 9.47. The van der Waals surface area contributed by atoms with Crippen LogP contribution < -0.4 is 0 Å². The quantitative estimate of drug-likeness (QED) is 0.671. The Balaban J connectivity index is 0. The van der Waals surface area contributed by atoms with Crippen molar-refractivity contribution in [2.45, 2.75) is 26.4 Å². The summed E-state index contributed by atoms with van der Waals surface area (Å²) in [5.74, 6) is 0. The van der Waals surface area contributed by atoms with Gasteiger partial charge in [-0.15, -0.1) is 0 Å². The standard InChI is InChI=1S/C9H11N.C3H7.H2O.Y/c1-10-6-8-4-2-3-5-9(8)7-10;1-3-2;;/h2-5H,6-7H2,1H3;1,3H2,2H3;1H2;/q;-1;;. The molecule has 0 aromatic heterocycles. The van der Waals surface area contributed by atoms with Gasteiger partial charge in [-0.05, 0) is 18.2 Å². The molecular formula is C12H20NOY-. The molecule has 1 radical (unpaired) electrons. The summed E-state index contributed by atoms with van der Waals surface area (Å²) in [5, 5.41) is 0. The molecule has 0 atom stereocenters. The Bertz CT molecular complexity index is 241. The van der Waals surface area contributed by atoms with Gasteiger partial charge in [0.15, 0.2) is 0 Å². The molecule has 1 heterocycles. The van der Waals surface area contributed by atoms with Crippen LogP contribution in [0, 0.1) is 6.92 Å². The Morgan fingerprint density at radius 1 is 1.20 bits per heavy atom. The molecule has 0 fully saturated rings. The van der Waals surface area contributed by atoms with Gasteiger partial charge < -0.3 is 12.4 Å². The summed E-state index contributed by atoms with van der Waals surface area (Å²) in [7, 11) is 2.15. The fourth-order valence-electron chi connectivity index (χ4n) is 1.50. The van der Waals surface area contributed by atoms with E-state index in [1.807, 2.05) is 6.92 Å². The summed E-state index contributed by atoms with van der Waals surface area (Å²) in [6.45, 7) is 7.74. The van der Waals surface area contributed by atoms with Gasteiger partial charge in [-0.3, -0.25) is 4.90 Å². The smallest absolute Gasteiger partial charge is 0.0237 e. The average Bonchev–Trinajstić information content (AvgIpc) is 2.45. The van der Waals surface area contributed by atoms with Gasteiger partial charge in [0.05, 0.1) is 0 Å². The van der Waals surface area contributed by atoms with Gasteiger partial charge in [0.2, 0.25) is 0 Å². The molecule has 1 aromatic carbocycles. The van der Waals surface area contributed by atoms with Gasteiger partial charge in [0.1, 0.15) is 0 Å². The van der Waals surface area contributed by atoms with Gasteiger partial charge in [-0.25, -0.2) is 0 Å². The Kier molecular flexibility index (Phi) is 11.1. The first-order valence-corrected chi connectivity index (χ1v) is 4.82. The van der Waals surface area contributed by atoms with Crippen LogP contribution in [0.3, 0.4) is 0 Å². The number of fused-ring (bicyclic) bond motifs is 1. The van der Waals surface area contributed by atoms with Crippen LogP contribution in [0.1, 0.15) is 24.5 Å². The number of hydrogen-bond acceptors (Lipinski definition) is 1. The first kappa shape index (κ1) is 17.6. The van der Waals surface area contributed by atoms with E-state index >= 15 is 0 Å². The molecule has 2 nitrogen and oxygen atoms in total. The first-order valence-electron chi connectivity index (χ1n) is 4.82. The maximum absolute atomic E-state index is 3.49. The zero-order valence-corrected chi connectivity index (χ0v) is 12.5. The van der Waals surface area contributed by atoms with E-state index in [2.05, 4.69) is 43.1 Å². The summed E-state index contributed by atoms with van der Waals surface area (Å²) < 4.78 is 0. The molecule has 1 aliphatic rings. The molecular weight excluding hydrogens is 263 g/mol. The molecule has 15 heavy (non-hydrogen) atoms. The Morgan fingerprint density at radius 2 is 1.53 bits per heavy atom. The molecule has 83 valence electrons. The Morgan fingerprint density at radius 3 is 1.87 bits per heavy atom. The van der Waals surface area contributed by atoms with E-state index in [1.54, 1.807) is 0 Å². The van der Waals surface area contributed by atoms with Crippen molar-refractivity contribution in [3.63, 3.8) is 0 Å². The van der Waals surface area contributed by atoms with Crippen molar-refractivity contribution < 1.29 is 38.2 Å². The van der Waals surface area contributed by atoms with Gasteiger partial charge in [-0.1, -0.05) is 31.2 Å². The third kappa shape index (κ3) is 5.77. The van der Waals surface area contributed by atoms with Gasteiger partial charge >= 0.3 is 0 Å². The second-order valence-corrected chi connectivity index (χ2v) is 3.44. The van der Waals surface area contributed by atoms with Crippen LogP contribution in [0.15, 0.2) is 24.3 Å². The fraction of sp³-hybridized carbons (Fsp3) is 0.417. The van der Waals surface area contributed by atoms with E-state index in [0.717, 1.165) is 19.5 Å². The van der Waals surface area contributed by atoms with Crippen LogP contribution >= 0.6 is 0 Å². The zero-order chi connectivity index (χ0) is 9.68. The van der Waals surface area contributed by atoms with Crippen molar-refractivity contribution in [2.75, 3.05) is 7.05 Å². The number of benzene rings is 1. The van der Waals surface area contributed by atoms with Crippen molar-refractivity contribution in [1.29, 1.82) is 0 Å². The molecule has 0 bridgehead atoms. The van der Waals surface area contributed by atoms with Crippen LogP contribution in [0.4, 0.5) is 0 Å². The van der Waals surface area contributed by atoms with Gasteiger partial charge in [0.25, 0.3) is 0 Å². The maximum Gasteiger partial charge on any atom is 0.0237 e. The molecule has 1 aromatic rings. The van der Waals surface area contributed by atoms with Crippen LogP contribution in [0.5, 0.6) is 0 Å². The summed E-state index contributed by atoms with van der Waals surface area (Å²) in [6, 6.07) is 8.63. The predicted molar refractivity (Wildman–Crippen MR) is 60.9 cm³/mol. The van der Waals surface area contributed by atoms with E-state index in [4.69, 9.17) is 0 Å². The molecule has 0 saturated heterocycles. The molecule has 0 amide bonds. The zero-order valence-electron chi connectivity index (χ0n) is 9.66.